The summed E-state index contributed by atoms with van der Waals surface area (Å²) < 4.78 is 40.7. The van der Waals surface area contributed by atoms with E-state index < -0.39 is 38.7 Å². The Kier molecular flexibility index (Phi) is 8.17. The maximum Gasteiger partial charge on any atom is 0.340 e. The lowest BCUT2D eigenvalue weighted by Gasteiger charge is -2.38. The number of aromatic amines is 2. The molecule has 1 aromatic carbocycles. The third-order valence-corrected chi connectivity index (χ3v) is 8.97. The largest absolute Gasteiger partial charge is 0.462 e. The van der Waals surface area contributed by atoms with Gasteiger partial charge in [-0.2, -0.15) is 4.31 Å². The van der Waals surface area contributed by atoms with Gasteiger partial charge in [-0.25, -0.2) is 13.2 Å². The predicted molar refractivity (Wildman–Crippen MR) is 152 cm³/mol. The van der Waals surface area contributed by atoms with Crippen LogP contribution >= 0.6 is 0 Å². The molecule has 0 saturated carbocycles. The number of pyridine rings is 1. The summed E-state index contributed by atoms with van der Waals surface area (Å²) in [6.45, 7) is 11.2. The fourth-order valence-electron chi connectivity index (χ4n) is 4.87. The lowest BCUT2D eigenvalue weighted by atomic mass is 10.0. The monoisotopic (exact) mass is 574 g/mol. The number of nitrogens with one attached hydrogen (secondary N) is 3. The molecule has 1 aliphatic heterocycles. The average molecular weight is 575 g/mol. The van der Waals surface area contributed by atoms with Crippen molar-refractivity contribution in [3.8, 4) is 0 Å². The number of nitrogens with zero attached hydrogens (tertiary/aromatic N) is 1. The molecule has 2 aromatic heterocycles. The van der Waals surface area contributed by atoms with Gasteiger partial charge in [0.2, 0.25) is 10.0 Å². The zero-order valence-corrected chi connectivity index (χ0v) is 24.7. The van der Waals surface area contributed by atoms with Crippen LogP contribution in [0.25, 0.3) is 21.8 Å². The van der Waals surface area contributed by atoms with Gasteiger partial charge < -0.3 is 24.8 Å². The minimum atomic E-state index is -4.27. The zero-order valence-electron chi connectivity index (χ0n) is 23.8. The molecule has 1 fully saturated rings. The van der Waals surface area contributed by atoms with Crippen molar-refractivity contribution < 1.29 is 27.5 Å². The van der Waals surface area contributed by atoms with Gasteiger partial charge in [-0.15, -0.1) is 0 Å². The molecular weight excluding hydrogens is 536 g/mol. The van der Waals surface area contributed by atoms with Gasteiger partial charge in [0.05, 0.1) is 17.1 Å². The number of carbonyl (C=O) groups excluding carboxylic acids is 2. The van der Waals surface area contributed by atoms with Crippen molar-refractivity contribution in [2.75, 3.05) is 19.7 Å². The Morgan fingerprint density at radius 2 is 1.88 bits per heavy atom. The molecule has 0 aliphatic carbocycles. The normalized spacial score (nSPS) is 16.6. The van der Waals surface area contributed by atoms with Gasteiger partial charge in [-0.1, -0.05) is 6.92 Å². The number of ether oxygens (including phenoxy) is 2. The summed E-state index contributed by atoms with van der Waals surface area (Å²) in [7, 11) is -4.27. The van der Waals surface area contributed by atoms with Gasteiger partial charge in [0.1, 0.15) is 16.7 Å². The van der Waals surface area contributed by atoms with E-state index in [0.29, 0.717) is 17.3 Å². The third kappa shape index (κ3) is 5.79. The highest BCUT2D eigenvalue weighted by molar-refractivity contribution is 7.89. The average Bonchev–Trinajstić information content (AvgIpc) is 3.55. The first-order valence-electron chi connectivity index (χ1n) is 13.5. The summed E-state index contributed by atoms with van der Waals surface area (Å²) in [5, 5.41) is 3.94. The van der Waals surface area contributed by atoms with Gasteiger partial charge in [-0.05, 0) is 78.6 Å². The molecule has 3 N–H and O–H groups in total. The molecule has 0 spiro atoms. The number of hydrogen-bond acceptors (Lipinski definition) is 8. The minimum absolute atomic E-state index is 0.0619. The molecule has 218 valence electrons. The van der Waals surface area contributed by atoms with Crippen molar-refractivity contribution in [2.24, 2.45) is 0 Å². The number of H-pyrrole nitrogens is 2. The molecule has 3 aromatic rings. The second kappa shape index (κ2) is 11.0. The van der Waals surface area contributed by atoms with Gasteiger partial charge in [0, 0.05) is 35.1 Å². The Morgan fingerprint density at radius 1 is 1.15 bits per heavy atom. The number of benzene rings is 1. The van der Waals surface area contributed by atoms with Crippen molar-refractivity contribution in [3.63, 3.8) is 0 Å². The van der Waals surface area contributed by atoms with Crippen molar-refractivity contribution in [1.82, 2.24) is 19.6 Å². The van der Waals surface area contributed by atoms with Crippen molar-refractivity contribution in [1.29, 1.82) is 0 Å². The smallest absolute Gasteiger partial charge is 0.340 e. The first kappa shape index (κ1) is 29.8. The number of sulfonamides is 1. The Balaban J connectivity index is 1.87. The molecule has 1 atom stereocenters. The van der Waals surface area contributed by atoms with Crippen LogP contribution in [0.5, 0.6) is 0 Å². The molecular formula is C28H38N4O7S. The summed E-state index contributed by atoms with van der Waals surface area (Å²) in [6.07, 6.45) is 3.68. The van der Waals surface area contributed by atoms with E-state index >= 15 is 0 Å². The van der Waals surface area contributed by atoms with Crippen molar-refractivity contribution in [3.05, 3.63) is 40.3 Å². The third-order valence-electron chi connectivity index (χ3n) is 6.93. The van der Waals surface area contributed by atoms with Gasteiger partial charge >= 0.3 is 11.9 Å². The summed E-state index contributed by atoms with van der Waals surface area (Å²) in [5.74, 6) is -1.28. The predicted octanol–water partition coefficient (Wildman–Crippen LogP) is 3.44. The SMILES string of the molecule is CCCOC(=O)c1c[nH]c2c(=O)[nH]c3ccc(S(=O)(=O)N(CC4CCCN4)C(C)(C)C(=O)OC(C)(C)C)cc3c12. The number of aromatic nitrogens is 2. The molecule has 3 heterocycles. The molecule has 11 nitrogen and oxygen atoms in total. The lowest BCUT2D eigenvalue weighted by Crippen LogP contribution is -2.57. The highest BCUT2D eigenvalue weighted by Crippen LogP contribution is 2.32. The first-order valence-corrected chi connectivity index (χ1v) is 14.9. The second-order valence-corrected chi connectivity index (χ2v) is 13.5. The van der Waals surface area contributed by atoms with Crippen molar-refractivity contribution in [2.45, 2.75) is 82.9 Å². The van der Waals surface area contributed by atoms with E-state index in [2.05, 4.69) is 15.3 Å². The second-order valence-electron chi connectivity index (χ2n) is 11.6. The van der Waals surface area contributed by atoms with E-state index in [9.17, 15) is 22.8 Å². The Morgan fingerprint density at radius 3 is 2.50 bits per heavy atom. The van der Waals surface area contributed by atoms with E-state index in [-0.39, 0.29) is 40.6 Å². The molecule has 1 aliphatic rings. The molecule has 0 bridgehead atoms. The van der Waals surface area contributed by atoms with E-state index in [1.807, 2.05) is 6.92 Å². The van der Waals surface area contributed by atoms with Gasteiger partial charge in [0.15, 0.2) is 0 Å². The molecule has 1 saturated heterocycles. The standard InChI is InChI=1S/C28H38N4O7S/c1-7-13-38-25(34)20-15-30-23-22(20)19-14-18(10-11-21(19)31-24(23)33)40(36,37)32(16-17-9-8-12-29-17)28(5,6)26(35)39-27(2,3)4/h10-11,14-15,17,29-30H,7-9,12-13,16H2,1-6H3,(H,31,33). The van der Waals surface area contributed by atoms with Crippen molar-refractivity contribution >= 4 is 43.8 Å². The fourth-order valence-corrected chi connectivity index (χ4v) is 6.68. The molecule has 1 unspecified atom stereocenters. The van der Waals surface area contributed by atoms with Crippen LogP contribution in [0.1, 0.15) is 71.2 Å². The highest BCUT2D eigenvalue weighted by Gasteiger charge is 2.46. The van der Waals surface area contributed by atoms with Crippen LogP contribution in [0.4, 0.5) is 0 Å². The first-order chi connectivity index (χ1) is 18.7. The van der Waals surface area contributed by atoms with Crippen LogP contribution < -0.4 is 10.9 Å². The van der Waals surface area contributed by atoms with Crippen LogP contribution in [0.2, 0.25) is 0 Å². The molecule has 0 amide bonds. The number of fused-ring (bicyclic) bond motifs is 3. The summed E-state index contributed by atoms with van der Waals surface area (Å²) in [6, 6.07) is 4.17. The molecule has 12 heteroatoms. The summed E-state index contributed by atoms with van der Waals surface area (Å²) in [5.41, 5.74) is -2.17. The zero-order chi connectivity index (χ0) is 29.5. The maximum atomic E-state index is 14.3. The number of carbonyl (C=O) groups is 2. The van der Waals surface area contributed by atoms with Crippen LogP contribution in [0.15, 0.2) is 34.1 Å². The number of esters is 2. The topological polar surface area (TPSA) is 151 Å². The van der Waals surface area contributed by atoms with Crippen LogP contribution in [-0.2, 0) is 24.3 Å². The van der Waals surface area contributed by atoms with E-state index in [1.54, 1.807) is 20.8 Å². The van der Waals surface area contributed by atoms with Crippen LogP contribution in [-0.4, -0.2) is 71.5 Å². The van der Waals surface area contributed by atoms with Crippen LogP contribution in [0.3, 0.4) is 0 Å². The van der Waals surface area contributed by atoms with Gasteiger partial charge in [0.25, 0.3) is 5.56 Å². The number of hydrogen-bond donors (Lipinski definition) is 3. The quantitative estimate of drug-likeness (QED) is 0.329. The van der Waals surface area contributed by atoms with Gasteiger partial charge in [-0.3, -0.25) is 9.59 Å². The summed E-state index contributed by atoms with van der Waals surface area (Å²) in [4.78, 5) is 44.3. The fraction of sp³-hybridized carbons (Fsp3) is 0.536. The lowest BCUT2D eigenvalue weighted by molar-refractivity contribution is -0.165. The minimum Gasteiger partial charge on any atom is -0.462 e. The van der Waals surface area contributed by atoms with E-state index in [0.717, 1.165) is 19.4 Å². The molecule has 40 heavy (non-hydrogen) atoms. The number of rotatable bonds is 9. The Hall–Kier alpha value is -3.22. The van der Waals surface area contributed by atoms with E-state index in [4.69, 9.17) is 9.47 Å². The highest BCUT2D eigenvalue weighted by atomic mass is 32.2. The maximum absolute atomic E-state index is 14.3. The van der Waals surface area contributed by atoms with Crippen LogP contribution in [0, 0.1) is 0 Å². The van der Waals surface area contributed by atoms with E-state index in [1.165, 1.54) is 42.5 Å². The Labute approximate surface area is 233 Å². The summed E-state index contributed by atoms with van der Waals surface area (Å²) >= 11 is 0. The Bertz CT molecular complexity index is 1590. The molecule has 4 rings (SSSR count). The molecule has 0 radical (unpaired) electrons.